The van der Waals surface area contributed by atoms with Crippen molar-refractivity contribution in [3.8, 4) is 0 Å². The Balaban J connectivity index is 1.53. The maximum atomic E-state index is 11.9. The highest BCUT2D eigenvalue weighted by atomic mass is 16.6. The number of nitrogens with zero attached hydrogens (tertiary/aromatic N) is 1. The van der Waals surface area contributed by atoms with Gasteiger partial charge < -0.3 is 14.4 Å². The van der Waals surface area contributed by atoms with E-state index < -0.39 is 0 Å². The molecule has 0 N–H and O–H groups in total. The van der Waals surface area contributed by atoms with Crippen molar-refractivity contribution in [1.82, 2.24) is 4.90 Å². The van der Waals surface area contributed by atoms with Crippen LogP contribution in [0.5, 0.6) is 0 Å². The largest absolute Gasteiger partial charge is 0.465 e. The molecule has 0 radical (unpaired) electrons. The van der Waals surface area contributed by atoms with E-state index in [0.29, 0.717) is 19.7 Å². The normalized spacial score (nSPS) is 25.1. The van der Waals surface area contributed by atoms with Crippen LogP contribution < -0.4 is 0 Å². The first-order valence-corrected chi connectivity index (χ1v) is 6.36. The second-order valence-corrected chi connectivity index (χ2v) is 4.94. The average molecular weight is 261 g/mol. The first-order chi connectivity index (χ1) is 9.24. The maximum Gasteiger partial charge on any atom is 0.410 e. The molecule has 1 aromatic rings. The summed E-state index contributed by atoms with van der Waals surface area (Å²) in [4.78, 5) is 24.9. The second kappa shape index (κ2) is 4.91. The molecule has 5 nitrogen and oxygen atoms in total. The van der Waals surface area contributed by atoms with Crippen molar-refractivity contribution in [2.45, 2.75) is 6.61 Å². The van der Waals surface area contributed by atoms with Crippen LogP contribution in [0.15, 0.2) is 30.3 Å². The number of cyclic esters (lactones) is 1. The lowest BCUT2D eigenvalue weighted by molar-refractivity contribution is -0.141. The van der Waals surface area contributed by atoms with Crippen molar-refractivity contribution in [1.29, 1.82) is 0 Å². The third-order valence-corrected chi connectivity index (χ3v) is 3.65. The summed E-state index contributed by atoms with van der Waals surface area (Å²) >= 11 is 0. The SMILES string of the molecule is O=C1OC[C@H]2CN(C(=O)OCc3ccccc3)C[C@@H]12. The molecule has 3 rings (SSSR count). The third kappa shape index (κ3) is 2.41. The van der Waals surface area contributed by atoms with Crippen LogP contribution in [0.2, 0.25) is 0 Å². The van der Waals surface area contributed by atoms with Crippen molar-refractivity contribution < 1.29 is 19.1 Å². The molecule has 2 saturated heterocycles. The molecule has 0 saturated carbocycles. The Morgan fingerprint density at radius 1 is 1.32 bits per heavy atom. The molecule has 0 spiro atoms. The third-order valence-electron chi connectivity index (χ3n) is 3.65. The van der Waals surface area contributed by atoms with Gasteiger partial charge >= 0.3 is 12.1 Å². The Labute approximate surface area is 111 Å². The number of likely N-dealkylation sites (tertiary alicyclic amines) is 1. The molecule has 2 aliphatic rings. The van der Waals surface area contributed by atoms with Crippen molar-refractivity contribution in [2.24, 2.45) is 11.8 Å². The van der Waals surface area contributed by atoms with E-state index in [9.17, 15) is 9.59 Å². The minimum absolute atomic E-state index is 0.136. The van der Waals surface area contributed by atoms with Gasteiger partial charge in [-0.25, -0.2) is 4.79 Å². The van der Waals surface area contributed by atoms with Crippen LogP contribution in [0.3, 0.4) is 0 Å². The van der Waals surface area contributed by atoms with Gasteiger partial charge in [-0.15, -0.1) is 0 Å². The number of esters is 1. The van der Waals surface area contributed by atoms with Gasteiger partial charge in [0.25, 0.3) is 0 Å². The highest BCUT2D eigenvalue weighted by Crippen LogP contribution is 2.30. The predicted molar refractivity (Wildman–Crippen MR) is 66.1 cm³/mol. The molecule has 0 bridgehead atoms. The Kier molecular flexibility index (Phi) is 3.11. The number of carbonyl (C=O) groups is 2. The monoisotopic (exact) mass is 261 g/mol. The molecule has 5 heteroatoms. The number of hydrogen-bond donors (Lipinski definition) is 0. The number of benzene rings is 1. The Hall–Kier alpha value is -2.04. The molecule has 2 aliphatic heterocycles. The first-order valence-electron chi connectivity index (χ1n) is 6.36. The Morgan fingerprint density at radius 2 is 2.11 bits per heavy atom. The van der Waals surface area contributed by atoms with Crippen LogP contribution in [-0.4, -0.2) is 36.7 Å². The van der Waals surface area contributed by atoms with Crippen LogP contribution in [0, 0.1) is 11.8 Å². The molecule has 0 aromatic heterocycles. The van der Waals surface area contributed by atoms with Gasteiger partial charge in [0.05, 0.1) is 12.5 Å². The molecule has 1 amide bonds. The molecule has 100 valence electrons. The van der Waals surface area contributed by atoms with Crippen molar-refractivity contribution >= 4 is 12.1 Å². The molecule has 2 fully saturated rings. The minimum Gasteiger partial charge on any atom is -0.465 e. The lowest BCUT2D eigenvalue weighted by Crippen LogP contribution is -2.31. The number of amides is 1. The number of fused-ring (bicyclic) bond motifs is 1. The zero-order valence-electron chi connectivity index (χ0n) is 10.5. The molecule has 1 aromatic carbocycles. The summed E-state index contributed by atoms with van der Waals surface area (Å²) in [7, 11) is 0. The van der Waals surface area contributed by atoms with Crippen LogP contribution in [-0.2, 0) is 20.9 Å². The quantitative estimate of drug-likeness (QED) is 0.756. The summed E-state index contributed by atoms with van der Waals surface area (Å²) < 4.78 is 10.2. The molecule has 2 atom stereocenters. The maximum absolute atomic E-state index is 11.9. The van der Waals surface area contributed by atoms with Gasteiger partial charge in [-0.2, -0.15) is 0 Å². The van der Waals surface area contributed by atoms with Gasteiger partial charge in [-0.05, 0) is 5.56 Å². The van der Waals surface area contributed by atoms with Gasteiger partial charge in [-0.1, -0.05) is 30.3 Å². The van der Waals surface area contributed by atoms with E-state index in [1.54, 1.807) is 4.90 Å². The zero-order chi connectivity index (χ0) is 13.2. The van der Waals surface area contributed by atoms with Gasteiger partial charge in [0.1, 0.15) is 6.61 Å². The van der Waals surface area contributed by atoms with Gasteiger partial charge in [0.15, 0.2) is 0 Å². The summed E-state index contributed by atoms with van der Waals surface area (Å²) in [6.07, 6.45) is -0.356. The minimum atomic E-state index is -0.356. The van der Waals surface area contributed by atoms with E-state index in [2.05, 4.69) is 0 Å². The molecular formula is C14H15NO4. The highest BCUT2D eigenvalue weighted by Gasteiger charge is 2.45. The first kappa shape index (κ1) is 12.0. The smallest absolute Gasteiger partial charge is 0.410 e. The molecule has 2 heterocycles. The summed E-state index contributed by atoms with van der Waals surface area (Å²) in [5, 5.41) is 0. The number of carbonyl (C=O) groups excluding carboxylic acids is 2. The lowest BCUT2D eigenvalue weighted by Gasteiger charge is -2.16. The lowest BCUT2D eigenvalue weighted by atomic mass is 10.0. The van der Waals surface area contributed by atoms with Gasteiger partial charge in [0, 0.05) is 19.0 Å². The molecule has 0 unspecified atom stereocenters. The van der Waals surface area contributed by atoms with Crippen LogP contribution in [0.25, 0.3) is 0 Å². The molecular weight excluding hydrogens is 246 g/mol. The van der Waals surface area contributed by atoms with E-state index in [0.717, 1.165) is 5.56 Å². The highest BCUT2D eigenvalue weighted by molar-refractivity contribution is 5.77. The summed E-state index contributed by atoms with van der Waals surface area (Å²) in [5.74, 6) is -0.218. The topological polar surface area (TPSA) is 55.8 Å². The standard InChI is InChI=1S/C14H15NO4/c16-13-12-7-15(6-11(12)9-18-13)14(17)19-8-10-4-2-1-3-5-10/h1-5,11-12H,6-9H2/t11-,12-/m1/s1. The van der Waals surface area contributed by atoms with E-state index in [1.807, 2.05) is 30.3 Å². The fourth-order valence-electron chi connectivity index (χ4n) is 2.56. The van der Waals surface area contributed by atoms with Crippen LogP contribution in [0.1, 0.15) is 5.56 Å². The summed E-state index contributed by atoms with van der Waals surface area (Å²) in [5.41, 5.74) is 0.953. The van der Waals surface area contributed by atoms with Crippen molar-refractivity contribution in [2.75, 3.05) is 19.7 Å². The van der Waals surface area contributed by atoms with Crippen molar-refractivity contribution in [3.63, 3.8) is 0 Å². The Morgan fingerprint density at radius 3 is 2.84 bits per heavy atom. The Bertz CT molecular complexity index is 487. The summed E-state index contributed by atoms with van der Waals surface area (Å²) in [6, 6.07) is 9.53. The van der Waals surface area contributed by atoms with E-state index >= 15 is 0 Å². The predicted octanol–water partition coefficient (Wildman–Crippen LogP) is 1.43. The van der Waals surface area contributed by atoms with Gasteiger partial charge in [0.2, 0.25) is 0 Å². The number of hydrogen-bond acceptors (Lipinski definition) is 4. The van der Waals surface area contributed by atoms with E-state index in [1.165, 1.54) is 0 Å². The number of ether oxygens (including phenoxy) is 2. The zero-order valence-corrected chi connectivity index (χ0v) is 10.5. The average Bonchev–Trinajstić information content (AvgIpc) is 3.00. The van der Waals surface area contributed by atoms with Crippen LogP contribution in [0.4, 0.5) is 4.79 Å². The van der Waals surface area contributed by atoms with Gasteiger partial charge in [-0.3, -0.25) is 4.79 Å². The summed E-state index contributed by atoms with van der Waals surface area (Å²) in [6.45, 7) is 1.64. The van der Waals surface area contributed by atoms with Crippen LogP contribution >= 0.6 is 0 Å². The van der Waals surface area contributed by atoms with Crippen molar-refractivity contribution in [3.05, 3.63) is 35.9 Å². The fraction of sp³-hybridized carbons (Fsp3) is 0.429. The molecule has 0 aliphatic carbocycles. The second-order valence-electron chi connectivity index (χ2n) is 4.94. The molecule has 19 heavy (non-hydrogen) atoms. The van der Waals surface area contributed by atoms with E-state index in [-0.39, 0.29) is 30.5 Å². The number of rotatable bonds is 2. The van der Waals surface area contributed by atoms with E-state index in [4.69, 9.17) is 9.47 Å². The fourth-order valence-corrected chi connectivity index (χ4v) is 2.56.